The average molecular weight is 221 g/mol. The van der Waals surface area contributed by atoms with E-state index in [9.17, 15) is 0 Å². The fourth-order valence-electron chi connectivity index (χ4n) is 2.21. The Morgan fingerprint density at radius 3 is 2.69 bits per heavy atom. The standard InChI is InChI=1S/C12H19N3O/c1-2-13-11(10-4-8-16-9-5-10)12-14-6-3-7-15-12/h3,6-7,10-11,13H,2,4-5,8-9H2,1H3. The van der Waals surface area contributed by atoms with Crippen molar-refractivity contribution in [2.75, 3.05) is 19.8 Å². The van der Waals surface area contributed by atoms with Gasteiger partial charge in [-0.25, -0.2) is 9.97 Å². The summed E-state index contributed by atoms with van der Waals surface area (Å²) < 4.78 is 5.40. The van der Waals surface area contributed by atoms with Gasteiger partial charge in [0.2, 0.25) is 0 Å². The van der Waals surface area contributed by atoms with Crippen LogP contribution in [0.1, 0.15) is 31.6 Å². The van der Waals surface area contributed by atoms with Crippen molar-refractivity contribution in [1.29, 1.82) is 0 Å². The van der Waals surface area contributed by atoms with Crippen molar-refractivity contribution < 1.29 is 4.74 Å². The van der Waals surface area contributed by atoms with Gasteiger partial charge in [-0.3, -0.25) is 0 Å². The minimum atomic E-state index is 0.273. The molecule has 0 aliphatic carbocycles. The summed E-state index contributed by atoms with van der Waals surface area (Å²) in [6.07, 6.45) is 5.81. The van der Waals surface area contributed by atoms with E-state index in [0.29, 0.717) is 5.92 Å². The monoisotopic (exact) mass is 221 g/mol. The van der Waals surface area contributed by atoms with Gasteiger partial charge >= 0.3 is 0 Å². The van der Waals surface area contributed by atoms with Crippen LogP contribution in [0.2, 0.25) is 0 Å². The summed E-state index contributed by atoms with van der Waals surface area (Å²) in [5.74, 6) is 1.51. The second kappa shape index (κ2) is 5.92. The molecule has 4 heteroatoms. The molecule has 1 saturated heterocycles. The second-order valence-electron chi connectivity index (χ2n) is 4.09. The van der Waals surface area contributed by atoms with Crippen LogP contribution in [0.15, 0.2) is 18.5 Å². The molecule has 0 spiro atoms. The predicted octanol–water partition coefficient (Wildman–Crippen LogP) is 1.55. The first kappa shape index (κ1) is 11.5. The average Bonchev–Trinajstić information content (AvgIpc) is 2.38. The normalized spacial score (nSPS) is 19.6. The third kappa shape index (κ3) is 2.77. The minimum absolute atomic E-state index is 0.273. The van der Waals surface area contributed by atoms with Crippen LogP contribution in [0.3, 0.4) is 0 Å². The van der Waals surface area contributed by atoms with Gasteiger partial charge in [0.25, 0.3) is 0 Å². The fourth-order valence-corrected chi connectivity index (χ4v) is 2.21. The Morgan fingerprint density at radius 2 is 2.06 bits per heavy atom. The van der Waals surface area contributed by atoms with Crippen molar-refractivity contribution >= 4 is 0 Å². The molecule has 0 radical (unpaired) electrons. The lowest BCUT2D eigenvalue weighted by Crippen LogP contribution is -2.33. The van der Waals surface area contributed by atoms with E-state index in [4.69, 9.17) is 4.74 Å². The molecular formula is C12H19N3O. The summed E-state index contributed by atoms with van der Waals surface area (Å²) in [4.78, 5) is 8.72. The van der Waals surface area contributed by atoms with E-state index >= 15 is 0 Å². The molecule has 1 unspecified atom stereocenters. The maximum Gasteiger partial charge on any atom is 0.145 e. The lowest BCUT2D eigenvalue weighted by Gasteiger charge is -2.29. The van der Waals surface area contributed by atoms with E-state index in [1.165, 1.54) is 0 Å². The zero-order valence-electron chi connectivity index (χ0n) is 9.72. The number of nitrogens with zero attached hydrogens (tertiary/aromatic N) is 2. The largest absolute Gasteiger partial charge is 0.381 e. The van der Waals surface area contributed by atoms with Gasteiger partial charge in [0.1, 0.15) is 5.82 Å². The van der Waals surface area contributed by atoms with Gasteiger partial charge in [-0.1, -0.05) is 6.92 Å². The maximum absolute atomic E-state index is 5.40. The van der Waals surface area contributed by atoms with Gasteiger partial charge in [0.05, 0.1) is 6.04 Å². The highest BCUT2D eigenvalue weighted by atomic mass is 16.5. The van der Waals surface area contributed by atoms with E-state index in [0.717, 1.165) is 38.4 Å². The van der Waals surface area contributed by atoms with E-state index in [-0.39, 0.29) is 6.04 Å². The van der Waals surface area contributed by atoms with Crippen LogP contribution in [0.5, 0.6) is 0 Å². The molecule has 0 amide bonds. The van der Waals surface area contributed by atoms with Gasteiger partial charge in [-0.05, 0) is 31.4 Å². The molecule has 1 N–H and O–H groups in total. The summed E-state index contributed by atoms with van der Waals surface area (Å²) in [5.41, 5.74) is 0. The number of ether oxygens (including phenoxy) is 1. The van der Waals surface area contributed by atoms with E-state index in [1.807, 2.05) is 18.5 Å². The van der Waals surface area contributed by atoms with E-state index in [1.54, 1.807) is 0 Å². The topological polar surface area (TPSA) is 47.0 Å². The summed E-state index contributed by atoms with van der Waals surface area (Å²) in [6, 6.07) is 2.13. The van der Waals surface area contributed by atoms with Crippen molar-refractivity contribution in [2.45, 2.75) is 25.8 Å². The number of aromatic nitrogens is 2. The quantitative estimate of drug-likeness (QED) is 0.838. The Labute approximate surface area is 96.4 Å². The molecule has 2 heterocycles. The third-order valence-electron chi connectivity index (χ3n) is 3.03. The van der Waals surface area contributed by atoms with Crippen molar-refractivity contribution in [2.24, 2.45) is 5.92 Å². The van der Waals surface area contributed by atoms with Crippen molar-refractivity contribution in [3.05, 3.63) is 24.3 Å². The van der Waals surface area contributed by atoms with Crippen LogP contribution in [0, 0.1) is 5.92 Å². The summed E-state index contributed by atoms with van der Waals surface area (Å²) in [5, 5.41) is 3.49. The molecule has 0 saturated carbocycles. The molecule has 0 bridgehead atoms. The number of hydrogen-bond donors (Lipinski definition) is 1. The highest BCUT2D eigenvalue weighted by molar-refractivity contribution is 4.98. The van der Waals surface area contributed by atoms with E-state index < -0.39 is 0 Å². The van der Waals surface area contributed by atoms with Gasteiger partial charge in [0, 0.05) is 25.6 Å². The lowest BCUT2D eigenvalue weighted by molar-refractivity contribution is 0.0527. The second-order valence-corrected chi connectivity index (χ2v) is 4.09. The van der Waals surface area contributed by atoms with Gasteiger partial charge in [0.15, 0.2) is 0 Å². The minimum Gasteiger partial charge on any atom is -0.381 e. The molecule has 2 rings (SSSR count). The van der Waals surface area contributed by atoms with Crippen LogP contribution in [-0.2, 0) is 4.74 Å². The molecular weight excluding hydrogens is 202 g/mol. The zero-order valence-corrected chi connectivity index (χ0v) is 9.72. The summed E-state index contributed by atoms with van der Waals surface area (Å²) >= 11 is 0. The van der Waals surface area contributed by atoms with Crippen molar-refractivity contribution in [1.82, 2.24) is 15.3 Å². The summed E-state index contributed by atoms with van der Waals surface area (Å²) in [7, 11) is 0. The molecule has 1 atom stereocenters. The molecule has 4 nitrogen and oxygen atoms in total. The van der Waals surface area contributed by atoms with Crippen molar-refractivity contribution in [3.8, 4) is 0 Å². The number of hydrogen-bond acceptors (Lipinski definition) is 4. The molecule has 16 heavy (non-hydrogen) atoms. The molecule has 0 aromatic carbocycles. The summed E-state index contributed by atoms with van der Waals surface area (Å²) in [6.45, 7) is 4.79. The molecule has 1 aliphatic heterocycles. The molecule has 1 aromatic rings. The number of nitrogens with one attached hydrogen (secondary N) is 1. The smallest absolute Gasteiger partial charge is 0.145 e. The highest BCUT2D eigenvalue weighted by Gasteiger charge is 2.26. The van der Waals surface area contributed by atoms with Crippen LogP contribution in [-0.4, -0.2) is 29.7 Å². The van der Waals surface area contributed by atoms with Crippen LogP contribution >= 0.6 is 0 Å². The van der Waals surface area contributed by atoms with E-state index in [2.05, 4.69) is 22.2 Å². The van der Waals surface area contributed by atoms with Gasteiger partial charge in [-0.2, -0.15) is 0 Å². The fraction of sp³-hybridized carbons (Fsp3) is 0.667. The van der Waals surface area contributed by atoms with Gasteiger partial charge < -0.3 is 10.1 Å². The highest BCUT2D eigenvalue weighted by Crippen LogP contribution is 2.27. The zero-order chi connectivity index (χ0) is 11.2. The van der Waals surface area contributed by atoms with Crippen LogP contribution in [0.25, 0.3) is 0 Å². The number of rotatable bonds is 4. The Balaban J connectivity index is 2.09. The molecule has 1 fully saturated rings. The first-order valence-corrected chi connectivity index (χ1v) is 6.00. The van der Waals surface area contributed by atoms with Crippen LogP contribution < -0.4 is 5.32 Å². The maximum atomic E-state index is 5.40. The Kier molecular flexibility index (Phi) is 4.25. The third-order valence-corrected chi connectivity index (χ3v) is 3.03. The first-order chi connectivity index (χ1) is 7.92. The SMILES string of the molecule is CCNC(c1ncccn1)C1CCOCC1. The van der Waals surface area contributed by atoms with Gasteiger partial charge in [-0.15, -0.1) is 0 Å². The Bertz CT molecular complexity index is 298. The molecule has 1 aliphatic rings. The van der Waals surface area contributed by atoms with Crippen LogP contribution in [0.4, 0.5) is 0 Å². The predicted molar refractivity (Wildman–Crippen MR) is 62.0 cm³/mol. The molecule has 1 aromatic heterocycles. The molecule has 88 valence electrons. The Morgan fingerprint density at radius 1 is 1.38 bits per heavy atom. The first-order valence-electron chi connectivity index (χ1n) is 6.00. The Hall–Kier alpha value is -1.00. The van der Waals surface area contributed by atoms with Crippen molar-refractivity contribution in [3.63, 3.8) is 0 Å². The lowest BCUT2D eigenvalue weighted by atomic mass is 9.91.